The van der Waals surface area contributed by atoms with Gasteiger partial charge in [-0.15, -0.1) is 0 Å². The van der Waals surface area contributed by atoms with Crippen molar-refractivity contribution in [1.82, 2.24) is 10.2 Å². The lowest BCUT2D eigenvalue weighted by Gasteiger charge is -2.19. The fourth-order valence-corrected chi connectivity index (χ4v) is 6.78. The predicted molar refractivity (Wildman–Crippen MR) is 227 cm³/mol. The molecule has 51 heavy (non-hydrogen) atoms. The summed E-state index contributed by atoms with van der Waals surface area (Å²) in [6.45, 7) is 13.0. The van der Waals surface area contributed by atoms with Crippen LogP contribution in [0.25, 0.3) is 0 Å². The number of unbranched alkanes of at least 4 members (excludes halogenated alkanes) is 18. The fraction of sp³-hybridized carbons (Fsp3) is 0.830. The van der Waals surface area contributed by atoms with Gasteiger partial charge in [0.1, 0.15) is 0 Å². The summed E-state index contributed by atoms with van der Waals surface area (Å²) in [5.74, 6) is 0. The highest BCUT2D eigenvalue weighted by molar-refractivity contribution is 4.93. The first-order chi connectivity index (χ1) is 25.4. The van der Waals surface area contributed by atoms with Crippen molar-refractivity contribution >= 4 is 0 Å². The third-order valence-corrected chi connectivity index (χ3v) is 10.2. The minimum Gasteiger partial charge on any atom is -0.379 e. The summed E-state index contributed by atoms with van der Waals surface area (Å²) < 4.78 is 12.5. The van der Waals surface area contributed by atoms with Crippen molar-refractivity contribution in [1.29, 1.82) is 0 Å². The Hall–Kier alpha value is -1.20. The van der Waals surface area contributed by atoms with Crippen LogP contribution in [0.2, 0.25) is 0 Å². The van der Waals surface area contributed by atoms with Gasteiger partial charge in [-0.3, -0.25) is 0 Å². The van der Waals surface area contributed by atoms with Crippen LogP contribution in [0.5, 0.6) is 0 Å². The first-order valence-corrected chi connectivity index (χ1v) is 22.6. The number of ether oxygens (including phenoxy) is 2. The van der Waals surface area contributed by atoms with Gasteiger partial charge >= 0.3 is 0 Å². The minimum absolute atomic E-state index is 0.221. The van der Waals surface area contributed by atoms with Gasteiger partial charge in [0.2, 0.25) is 0 Å². The molecule has 1 aliphatic heterocycles. The molecule has 0 radical (unpaired) electrons. The number of nitrogens with one attached hydrogen (secondary N) is 1. The number of allylic oxidation sites excluding steroid dienone is 8. The molecule has 0 aromatic carbocycles. The third kappa shape index (κ3) is 36.9. The molecule has 1 saturated heterocycles. The lowest BCUT2D eigenvalue weighted by Crippen LogP contribution is -2.29. The largest absolute Gasteiger partial charge is 0.379 e. The van der Waals surface area contributed by atoms with Crippen LogP contribution in [-0.2, 0) is 9.47 Å². The van der Waals surface area contributed by atoms with Gasteiger partial charge in [0.05, 0.1) is 12.7 Å². The Morgan fingerprint density at radius 1 is 0.510 bits per heavy atom. The highest BCUT2D eigenvalue weighted by Gasteiger charge is 2.11. The molecular weight excluding hydrogens is 625 g/mol. The maximum atomic E-state index is 6.39. The monoisotopic (exact) mass is 713 g/mol. The predicted octanol–water partition coefficient (Wildman–Crippen LogP) is 13.5. The molecule has 4 heteroatoms. The molecule has 4 nitrogen and oxygen atoms in total. The van der Waals surface area contributed by atoms with Gasteiger partial charge in [0.15, 0.2) is 0 Å². The molecule has 0 aromatic heterocycles. The maximum Gasteiger partial charge on any atom is 0.0820 e. The summed E-state index contributed by atoms with van der Waals surface area (Å²) in [5, 5.41) is 3.68. The van der Waals surface area contributed by atoms with Crippen molar-refractivity contribution in [3.8, 4) is 0 Å². The van der Waals surface area contributed by atoms with Crippen molar-refractivity contribution in [3.05, 3.63) is 48.6 Å². The van der Waals surface area contributed by atoms with Gasteiger partial charge in [0, 0.05) is 13.2 Å². The number of likely N-dealkylation sites (tertiary alicyclic amines) is 1. The second kappa shape index (κ2) is 41.6. The highest BCUT2D eigenvalue weighted by Crippen LogP contribution is 2.12. The van der Waals surface area contributed by atoms with Crippen molar-refractivity contribution in [3.63, 3.8) is 0 Å². The Morgan fingerprint density at radius 3 is 1.51 bits per heavy atom. The quantitative estimate of drug-likeness (QED) is 0.0506. The van der Waals surface area contributed by atoms with Crippen molar-refractivity contribution in [2.24, 2.45) is 0 Å². The zero-order valence-corrected chi connectivity index (χ0v) is 34.4. The molecule has 1 aliphatic rings. The van der Waals surface area contributed by atoms with E-state index >= 15 is 0 Å². The zero-order chi connectivity index (χ0) is 36.4. The van der Waals surface area contributed by atoms with E-state index in [4.69, 9.17) is 9.47 Å². The van der Waals surface area contributed by atoms with Gasteiger partial charge in [-0.2, -0.15) is 0 Å². The maximum absolute atomic E-state index is 6.39. The van der Waals surface area contributed by atoms with Gasteiger partial charge in [-0.05, 0) is 135 Å². The normalized spacial score (nSPS) is 14.9. The smallest absolute Gasteiger partial charge is 0.0820 e. The summed E-state index contributed by atoms with van der Waals surface area (Å²) in [5.41, 5.74) is 0. The number of nitrogens with zero attached hydrogens (tertiary/aromatic N) is 1. The van der Waals surface area contributed by atoms with E-state index in [-0.39, 0.29) is 6.10 Å². The molecule has 1 atom stereocenters. The SMILES string of the molecule is CCCCC/C=C/C/C=C/CCCCCCCCOCC(CCNCCCN1CCCC1)OCCCCCCCC/C=C/C/C=C/CCCCC. The molecule has 0 aliphatic carbocycles. The topological polar surface area (TPSA) is 33.7 Å². The van der Waals surface area contributed by atoms with E-state index in [9.17, 15) is 0 Å². The summed E-state index contributed by atoms with van der Waals surface area (Å²) in [6.07, 6.45) is 55.0. The molecule has 0 aromatic rings. The van der Waals surface area contributed by atoms with Crippen molar-refractivity contribution in [2.75, 3.05) is 52.5 Å². The molecule has 1 unspecified atom stereocenters. The van der Waals surface area contributed by atoms with Crippen LogP contribution >= 0.6 is 0 Å². The highest BCUT2D eigenvalue weighted by atomic mass is 16.5. The average Bonchev–Trinajstić information content (AvgIpc) is 3.67. The second-order valence-electron chi connectivity index (χ2n) is 15.2. The van der Waals surface area contributed by atoms with Crippen LogP contribution in [0.15, 0.2) is 48.6 Å². The molecule has 1 rings (SSSR count). The fourth-order valence-electron chi connectivity index (χ4n) is 6.78. The Bertz CT molecular complexity index is 785. The lowest BCUT2D eigenvalue weighted by molar-refractivity contribution is -0.0220. The van der Waals surface area contributed by atoms with E-state index in [2.05, 4.69) is 72.7 Å². The van der Waals surface area contributed by atoms with E-state index in [0.29, 0.717) is 0 Å². The van der Waals surface area contributed by atoms with E-state index in [0.717, 1.165) is 52.2 Å². The van der Waals surface area contributed by atoms with E-state index < -0.39 is 0 Å². The summed E-state index contributed by atoms with van der Waals surface area (Å²) in [6, 6.07) is 0. The summed E-state index contributed by atoms with van der Waals surface area (Å²) in [4.78, 5) is 2.61. The van der Waals surface area contributed by atoms with E-state index in [1.54, 1.807) is 0 Å². The van der Waals surface area contributed by atoms with Gasteiger partial charge < -0.3 is 19.7 Å². The number of hydrogen-bond donors (Lipinski definition) is 1. The summed E-state index contributed by atoms with van der Waals surface area (Å²) in [7, 11) is 0. The Labute approximate surface area is 319 Å². The standard InChI is InChI=1S/C47H88N2O2/c1-3-5-7-9-11-13-15-17-19-21-23-25-27-29-31-35-44-50-46-47(38-40-48-39-37-43-49-41-33-34-42-49)51-45-36-32-30-28-26-24-22-20-18-16-14-12-10-8-6-4-2/h11-14,17-20,47-48H,3-10,15-16,21-46H2,1-2H3/b13-11+,14-12+,19-17+,20-18+. The minimum atomic E-state index is 0.221. The average molecular weight is 713 g/mol. The van der Waals surface area contributed by atoms with Crippen LogP contribution in [-0.4, -0.2) is 63.5 Å². The summed E-state index contributed by atoms with van der Waals surface area (Å²) >= 11 is 0. The first-order valence-electron chi connectivity index (χ1n) is 22.6. The Morgan fingerprint density at radius 2 is 0.980 bits per heavy atom. The zero-order valence-electron chi connectivity index (χ0n) is 34.4. The molecule has 1 fully saturated rings. The van der Waals surface area contributed by atoms with Crippen LogP contribution in [0.4, 0.5) is 0 Å². The number of rotatable bonds is 40. The van der Waals surface area contributed by atoms with Crippen LogP contribution in [0.1, 0.15) is 194 Å². The Kier molecular flexibility index (Phi) is 39.0. The van der Waals surface area contributed by atoms with Gasteiger partial charge in [-0.1, -0.05) is 140 Å². The molecule has 1 heterocycles. The lowest BCUT2D eigenvalue weighted by atomic mass is 10.1. The molecular formula is C47H88N2O2. The number of hydrogen-bond acceptors (Lipinski definition) is 4. The van der Waals surface area contributed by atoms with Crippen LogP contribution in [0.3, 0.4) is 0 Å². The molecule has 0 saturated carbocycles. The van der Waals surface area contributed by atoms with Crippen LogP contribution < -0.4 is 5.32 Å². The third-order valence-electron chi connectivity index (χ3n) is 10.2. The van der Waals surface area contributed by atoms with E-state index in [1.165, 1.54) is 180 Å². The molecule has 0 amide bonds. The van der Waals surface area contributed by atoms with Crippen LogP contribution in [0, 0.1) is 0 Å². The molecule has 1 N–H and O–H groups in total. The van der Waals surface area contributed by atoms with Crippen molar-refractivity contribution in [2.45, 2.75) is 200 Å². The second-order valence-corrected chi connectivity index (χ2v) is 15.2. The van der Waals surface area contributed by atoms with Gasteiger partial charge in [0.25, 0.3) is 0 Å². The molecule has 0 spiro atoms. The Balaban J connectivity index is 2.07. The molecule has 298 valence electrons. The first kappa shape index (κ1) is 47.8. The van der Waals surface area contributed by atoms with Gasteiger partial charge in [-0.25, -0.2) is 0 Å². The van der Waals surface area contributed by atoms with E-state index in [1.807, 2.05) is 0 Å². The van der Waals surface area contributed by atoms with Crippen molar-refractivity contribution < 1.29 is 9.47 Å². The molecule has 0 bridgehead atoms.